The molecule has 0 spiro atoms. The van der Waals surface area contributed by atoms with Crippen molar-refractivity contribution in [2.75, 3.05) is 50.2 Å². The van der Waals surface area contributed by atoms with Crippen LogP contribution in [0.2, 0.25) is 0 Å². The molecule has 5 aromatic rings. The normalized spacial score (nSPS) is 13.1. The number of amides is 1. The summed E-state index contributed by atoms with van der Waals surface area (Å²) in [4.78, 5) is 33.4. The summed E-state index contributed by atoms with van der Waals surface area (Å²) < 4.78 is 17.9. The maximum absolute atomic E-state index is 13.5. The van der Waals surface area contributed by atoms with Gasteiger partial charge in [-0.05, 0) is 73.7 Å². The van der Waals surface area contributed by atoms with Gasteiger partial charge in [-0.1, -0.05) is 18.2 Å². The van der Waals surface area contributed by atoms with E-state index in [4.69, 9.17) is 24.3 Å². The fraction of sp³-hybridized carbons (Fsp3) is 0.212. The number of para-hydroxylation sites is 1. The van der Waals surface area contributed by atoms with Crippen molar-refractivity contribution >= 4 is 34.3 Å². The predicted octanol–water partition coefficient (Wildman–Crippen LogP) is 5.04. The first-order valence-corrected chi connectivity index (χ1v) is 14.0. The van der Waals surface area contributed by atoms with Crippen LogP contribution in [0.25, 0.3) is 28.0 Å². The van der Waals surface area contributed by atoms with E-state index >= 15 is 0 Å². The van der Waals surface area contributed by atoms with Crippen molar-refractivity contribution in [2.45, 2.75) is 6.92 Å². The van der Waals surface area contributed by atoms with Crippen molar-refractivity contribution in [1.29, 1.82) is 0 Å². The van der Waals surface area contributed by atoms with Crippen LogP contribution in [0, 0.1) is 6.92 Å². The van der Waals surface area contributed by atoms with Gasteiger partial charge in [0.1, 0.15) is 5.75 Å². The summed E-state index contributed by atoms with van der Waals surface area (Å²) in [5.41, 5.74) is 5.23. The molecule has 0 bridgehead atoms. The number of rotatable bonds is 8. The molecule has 0 unspecified atom stereocenters. The second kappa shape index (κ2) is 12.3. The summed E-state index contributed by atoms with van der Waals surface area (Å²) in [5, 5.41) is 8.06. The van der Waals surface area contributed by atoms with Crippen LogP contribution in [-0.4, -0.2) is 66.7 Å². The van der Waals surface area contributed by atoms with Gasteiger partial charge in [0, 0.05) is 30.0 Å². The average Bonchev–Trinajstić information content (AvgIpc) is 3.40. The fourth-order valence-electron chi connectivity index (χ4n) is 5.09. The van der Waals surface area contributed by atoms with Gasteiger partial charge in [-0.15, -0.1) is 0 Å². The molecule has 1 N–H and O–H groups in total. The molecule has 0 radical (unpaired) electrons. The van der Waals surface area contributed by atoms with Gasteiger partial charge in [-0.2, -0.15) is 5.10 Å². The highest BCUT2D eigenvalue weighted by Gasteiger charge is 2.23. The Morgan fingerprint density at radius 1 is 0.930 bits per heavy atom. The first kappa shape index (κ1) is 27.9. The number of hydrogen-bond acceptors (Lipinski definition) is 8. The van der Waals surface area contributed by atoms with Crippen LogP contribution < -0.4 is 15.0 Å². The topological polar surface area (TPSA) is 108 Å². The second-order valence-corrected chi connectivity index (χ2v) is 10.1. The molecule has 43 heavy (non-hydrogen) atoms. The Hall–Kier alpha value is -5.22. The lowest BCUT2D eigenvalue weighted by atomic mass is 10.1. The van der Waals surface area contributed by atoms with E-state index in [0.717, 1.165) is 30.0 Å². The van der Waals surface area contributed by atoms with E-state index in [-0.39, 0.29) is 5.56 Å². The van der Waals surface area contributed by atoms with E-state index in [1.54, 1.807) is 17.9 Å². The highest BCUT2D eigenvalue weighted by Crippen LogP contribution is 2.30. The number of methoxy groups -OCH3 is 1. The van der Waals surface area contributed by atoms with Crippen molar-refractivity contribution in [3.8, 4) is 22.7 Å². The summed E-state index contributed by atoms with van der Waals surface area (Å²) in [6.45, 7) is 4.42. The molecule has 3 heterocycles. The van der Waals surface area contributed by atoms with Crippen LogP contribution in [0.5, 0.6) is 5.75 Å². The number of carbonyl (C=O) groups excluding carboxylic acids is 2. The van der Waals surface area contributed by atoms with E-state index in [9.17, 15) is 9.59 Å². The third kappa shape index (κ3) is 6.05. The Morgan fingerprint density at radius 3 is 2.35 bits per heavy atom. The minimum Gasteiger partial charge on any atom is -0.497 e. The number of anilines is 2. The Labute approximate surface area is 248 Å². The summed E-state index contributed by atoms with van der Waals surface area (Å²) in [5.74, 6) is -0.378. The van der Waals surface area contributed by atoms with Crippen molar-refractivity contribution in [2.24, 2.45) is 0 Å². The van der Waals surface area contributed by atoms with Gasteiger partial charge < -0.3 is 24.4 Å². The predicted molar refractivity (Wildman–Crippen MR) is 164 cm³/mol. The SMILES string of the molecule is COc1ccc(-c2cc(C(=O)OCC(=O)Nc3ccc(N4CCOCC4)cc3)c3c(C)nn(-c4ccccc4)c3n2)cc1. The first-order valence-electron chi connectivity index (χ1n) is 14.0. The lowest BCUT2D eigenvalue weighted by Crippen LogP contribution is -2.36. The smallest absolute Gasteiger partial charge is 0.339 e. The molecular formula is C33H31N5O5. The molecule has 0 atom stereocenters. The number of aryl methyl sites for hydroxylation is 1. The van der Waals surface area contributed by atoms with Crippen LogP contribution >= 0.6 is 0 Å². The molecule has 6 rings (SSSR count). The zero-order chi connectivity index (χ0) is 29.8. The molecule has 3 aromatic carbocycles. The molecule has 0 saturated carbocycles. The number of nitrogens with one attached hydrogen (secondary N) is 1. The third-order valence-corrected chi connectivity index (χ3v) is 7.28. The molecule has 218 valence electrons. The number of ether oxygens (including phenoxy) is 3. The van der Waals surface area contributed by atoms with Gasteiger partial charge in [0.2, 0.25) is 0 Å². The van der Waals surface area contributed by atoms with Crippen molar-refractivity contribution in [3.63, 3.8) is 0 Å². The van der Waals surface area contributed by atoms with Crippen molar-refractivity contribution in [1.82, 2.24) is 14.8 Å². The van der Waals surface area contributed by atoms with Gasteiger partial charge in [0.15, 0.2) is 12.3 Å². The number of aromatic nitrogens is 3. The van der Waals surface area contributed by atoms with Crippen LogP contribution in [0.1, 0.15) is 16.1 Å². The highest BCUT2D eigenvalue weighted by molar-refractivity contribution is 6.06. The summed E-state index contributed by atoms with van der Waals surface area (Å²) in [7, 11) is 1.60. The number of fused-ring (bicyclic) bond motifs is 1. The van der Waals surface area contributed by atoms with Crippen LogP contribution in [0.3, 0.4) is 0 Å². The molecule has 1 fully saturated rings. The maximum Gasteiger partial charge on any atom is 0.339 e. The number of nitrogens with zero attached hydrogens (tertiary/aromatic N) is 4. The van der Waals surface area contributed by atoms with Gasteiger partial charge in [-0.25, -0.2) is 14.5 Å². The van der Waals surface area contributed by atoms with Crippen LogP contribution in [0.4, 0.5) is 11.4 Å². The summed E-state index contributed by atoms with van der Waals surface area (Å²) in [6.07, 6.45) is 0. The van der Waals surface area contributed by atoms with Gasteiger partial charge in [-0.3, -0.25) is 4.79 Å². The number of hydrogen-bond donors (Lipinski definition) is 1. The zero-order valence-electron chi connectivity index (χ0n) is 23.9. The third-order valence-electron chi connectivity index (χ3n) is 7.28. The minimum absolute atomic E-state index is 0.276. The molecule has 1 saturated heterocycles. The standard InChI is InChI=1S/C33H31N5O5/c1-22-31-28(33(40)43-21-30(39)34-24-10-12-25(13-11-24)37-16-18-42-19-17-37)20-29(23-8-14-27(41-2)15-9-23)35-32(31)38(36-22)26-6-4-3-5-7-26/h3-15,20H,16-19,21H2,1-2H3,(H,34,39). The lowest BCUT2D eigenvalue weighted by Gasteiger charge is -2.28. The Morgan fingerprint density at radius 2 is 1.65 bits per heavy atom. The molecule has 0 aliphatic carbocycles. The molecule has 10 nitrogen and oxygen atoms in total. The zero-order valence-corrected chi connectivity index (χ0v) is 23.9. The molecule has 2 aromatic heterocycles. The number of morpholine rings is 1. The number of esters is 1. The van der Waals surface area contributed by atoms with E-state index < -0.39 is 18.5 Å². The fourth-order valence-corrected chi connectivity index (χ4v) is 5.09. The Kier molecular flexibility index (Phi) is 8.01. The van der Waals surface area contributed by atoms with Crippen LogP contribution in [0.15, 0.2) is 84.9 Å². The molecule has 1 aliphatic rings. The van der Waals surface area contributed by atoms with Gasteiger partial charge in [0.05, 0.1) is 48.3 Å². The lowest BCUT2D eigenvalue weighted by molar-refractivity contribution is -0.119. The largest absolute Gasteiger partial charge is 0.497 e. The van der Waals surface area contributed by atoms with Gasteiger partial charge in [0.25, 0.3) is 5.91 Å². The van der Waals surface area contributed by atoms with Crippen LogP contribution in [-0.2, 0) is 14.3 Å². The average molecular weight is 578 g/mol. The number of benzene rings is 3. The Balaban J connectivity index is 1.24. The molecular weight excluding hydrogens is 546 g/mol. The number of carbonyl (C=O) groups is 2. The van der Waals surface area contributed by atoms with E-state index in [2.05, 4.69) is 10.2 Å². The maximum atomic E-state index is 13.5. The van der Waals surface area contributed by atoms with E-state index in [1.165, 1.54) is 0 Å². The molecule has 1 aliphatic heterocycles. The molecule has 1 amide bonds. The molecule has 10 heteroatoms. The number of pyridine rings is 1. The first-order chi connectivity index (χ1) is 21.0. The second-order valence-electron chi connectivity index (χ2n) is 10.1. The quantitative estimate of drug-likeness (QED) is 0.256. The minimum atomic E-state index is -0.643. The van der Waals surface area contributed by atoms with Gasteiger partial charge >= 0.3 is 5.97 Å². The highest BCUT2D eigenvalue weighted by atomic mass is 16.5. The van der Waals surface area contributed by atoms with Crippen molar-refractivity contribution in [3.05, 3.63) is 96.2 Å². The van der Waals surface area contributed by atoms with E-state index in [1.807, 2.05) is 85.8 Å². The summed E-state index contributed by atoms with van der Waals surface area (Å²) in [6, 6.07) is 26.2. The monoisotopic (exact) mass is 577 g/mol. The summed E-state index contributed by atoms with van der Waals surface area (Å²) >= 11 is 0. The van der Waals surface area contributed by atoms with E-state index in [0.29, 0.717) is 47.1 Å². The Bertz CT molecular complexity index is 1750. The van der Waals surface area contributed by atoms with Crippen molar-refractivity contribution < 1.29 is 23.8 Å².